The summed E-state index contributed by atoms with van der Waals surface area (Å²) in [5.74, 6) is 1.59. The van der Waals surface area contributed by atoms with Crippen LogP contribution in [-0.2, 0) is 4.74 Å². The van der Waals surface area contributed by atoms with Crippen molar-refractivity contribution in [2.75, 3.05) is 46.4 Å². The summed E-state index contributed by atoms with van der Waals surface area (Å²) in [5, 5.41) is 3.42. The molecule has 1 heterocycles. The van der Waals surface area contributed by atoms with Gasteiger partial charge < -0.3 is 15.0 Å². The van der Waals surface area contributed by atoms with E-state index >= 15 is 0 Å². The highest BCUT2D eigenvalue weighted by Crippen LogP contribution is 2.15. The van der Waals surface area contributed by atoms with Gasteiger partial charge in [0.05, 0.1) is 6.61 Å². The van der Waals surface area contributed by atoms with Gasteiger partial charge in [-0.3, -0.25) is 0 Å². The van der Waals surface area contributed by atoms with Crippen LogP contribution in [0.25, 0.3) is 0 Å². The van der Waals surface area contributed by atoms with Crippen molar-refractivity contribution in [3.05, 3.63) is 0 Å². The monoisotopic (exact) mass is 242 g/mol. The lowest BCUT2D eigenvalue weighted by molar-refractivity contribution is 0.0898. The Morgan fingerprint density at radius 1 is 1.24 bits per heavy atom. The molecule has 1 fully saturated rings. The Hall–Kier alpha value is -0.120. The highest BCUT2D eigenvalue weighted by Gasteiger charge is 2.13. The van der Waals surface area contributed by atoms with Crippen molar-refractivity contribution in [2.24, 2.45) is 11.8 Å². The standard InChI is InChI=1S/C14H30N2O/c1-13(2)12-17-11-10-16(3)9-6-14-4-7-15-8-5-14/h13-15H,4-12H2,1-3H3. The van der Waals surface area contributed by atoms with Crippen LogP contribution >= 0.6 is 0 Å². The Balaban J connectivity index is 1.94. The third kappa shape index (κ3) is 7.74. The van der Waals surface area contributed by atoms with E-state index in [0.29, 0.717) is 5.92 Å². The second kappa shape index (κ2) is 8.90. The van der Waals surface area contributed by atoms with E-state index in [1.165, 1.54) is 38.9 Å². The molecule has 17 heavy (non-hydrogen) atoms. The minimum absolute atomic E-state index is 0.648. The van der Waals surface area contributed by atoms with Crippen molar-refractivity contribution in [1.82, 2.24) is 10.2 Å². The van der Waals surface area contributed by atoms with Crippen LogP contribution in [-0.4, -0.2) is 51.3 Å². The zero-order valence-corrected chi connectivity index (χ0v) is 11.9. The lowest BCUT2D eigenvalue weighted by Gasteiger charge is -2.25. The molecule has 1 saturated heterocycles. The van der Waals surface area contributed by atoms with Gasteiger partial charge in [0.2, 0.25) is 0 Å². The molecule has 3 nitrogen and oxygen atoms in total. The Kier molecular flexibility index (Phi) is 7.82. The first-order valence-corrected chi connectivity index (χ1v) is 7.15. The van der Waals surface area contributed by atoms with Gasteiger partial charge in [0, 0.05) is 13.2 Å². The minimum Gasteiger partial charge on any atom is -0.380 e. The van der Waals surface area contributed by atoms with Crippen molar-refractivity contribution in [1.29, 1.82) is 0 Å². The fourth-order valence-electron chi connectivity index (χ4n) is 2.22. The number of hydrogen-bond donors (Lipinski definition) is 1. The van der Waals surface area contributed by atoms with E-state index in [9.17, 15) is 0 Å². The normalized spacial score (nSPS) is 18.2. The van der Waals surface area contributed by atoms with Gasteiger partial charge in [-0.15, -0.1) is 0 Å². The number of piperidine rings is 1. The quantitative estimate of drug-likeness (QED) is 0.659. The second-order valence-electron chi connectivity index (χ2n) is 5.75. The maximum Gasteiger partial charge on any atom is 0.0593 e. The first kappa shape index (κ1) is 14.9. The first-order chi connectivity index (χ1) is 8.18. The highest BCUT2D eigenvalue weighted by molar-refractivity contribution is 4.69. The zero-order chi connectivity index (χ0) is 12.5. The molecule has 0 bridgehead atoms. The van der Waals surface area contributed by atoms with E-state index in [4.69, 9.17) is 4.74 Å². The van der Waals surface area contributed by atoms with Crippen molar-refractivity contribution in [3.63, 3.8) is 0 Å². The summed E-state index contributed by atoms with van der Waals surface area (Å²) in [5.41, 5.74) is 0. The van der Waals surface area contributed by atoms with Crippen molar-refractivity contribution >= 4 is 0 Å². The molecule has 3 heteroatoms. The van der Waals surface area contributed by atoms with Crippen LogP contribution in [0, 0.1) is 11.8 Å². The molecule has 0 aromatic rings. The molecule has 0 atom stereocenters. The first-order valence-electron chi connectivity index (χ1n) is 7.15. The van der Waals surface area contributed by atoms with Gasteiger partial charge in [0.1, 0.15) is 0 Å². The van der Waals surface area contributed by atoms with Gasteiger partial charge in [0.25, 0.3) is 0 Å². The SMILES string of the molecule is CC(C)COCCN(C)CCC1CCNCC1. The fraction of sp³-hybridized carbons (Fsp3) is 1.00. The van der Waals surface area contributed by atoms with E-state index in [0.717, 1.165) is 25.7 Å². The Bertz CT molecular complexity index is 179. The Morgan fingerprint density at radius 3 is 2.59 bits per heavy atom. The molecule has 0 aromatic heterocycles. The van der Waals surface area contributed by atoms with Crippen LogP contribution in [0.15, 0.2) is 0 Å². The summed E-state index contributed by atoms with van der Waals surface area (Å²) in [6.07, 6.45) is 4.07. The van der Waals surface area contributed by atoms with Crippen molar-refractivity contribution in [3.8, 4) is 0 Å². The summed E-state index contributed by atoms with van der Waals surface area (Å²) >= 11 is 0. The van der Waals surface area contributed by atoms with E-state index in [-0.39, 0.29) is 0 Å². The smallest absolute Gasteiger partial charge is 0.0593 e. The van der Waals surface area contributed by atoms with E-state index < -0.39 is 0 Å². The molecule has 1 rings (SSSR count). The molecule has 1 aliphatic heterocycles. The molecule has 0 saturated carbocycles. The Morgan fingerprint density at radius 2 is 1.94 bits per heavy atom. The predicted molar refractivity (Wildman–Crippen MR) is 73.4 cm³/mol. The number of nitrogens with one attached hydrogen (secondary N) is 1. The average Bonchev–Trinajstić information content (AvgIpc) is 2.33. The lowest BCUT2D eigenvalue weighted by atomic mass is 9.94. The van der Waals surface area contributed by atoms with Crippen molar-refractivity contribution < 1.29 is 4.74 Å². The van der Waals surface area contributed by atoms with E-state index in [2.05, 4.69) is 31.1 Å². The molecule has 0 aromatic carbocycles. The summed E-state index contributed by atoms with van der Waals surface area (Å²) in [6, 6.07) is 0. The van der Waals surface area contributed by atoms with Crippen LogP contribution in [0.5, 0.6) is 0 Å². The second-order valence-corrected chi connectivity index (χ2v) is 5.75. The minimum atomic E-state index is 0.648. The number of likely N-dealkylation sites (N-methyl/N-ethyl adjacent to an activating group) is 1. The van der Waals surface area contributed by atoms with E-state index in [1.807, 2.05) is 0 Å². The van der Waals surface area contributed by atoms with Crippen LogP contribution in [0.3, 0.4) is 0 Å². The summed E-state index contributed by atoms with van der Waals surface area (Å²) in [6.45, 7) is 10.9. The topological polar surface area (TPSA) is 24.5 Å². The molecule has 1 aliphatic rings. The molecule has 0 spiro atoms. The number of ether oxygens (including phenoxy) is 1. The van der Waals surface area contributed by atoms with Crippen LogP contribution in [0.2, 0.25) is 0 Å². The molecular formula is C14H30N2O. The molecular weight excluding hydrogens is 212 g/mol. The fourth-order valence-corrected chi connectivity index (χ4v) is 2.22. The number of nitrogens with zero attached hydrogens (tertiary/aromatic N) is 1. The summed E-state index contributed by atoms with van der Waals surface area (Å²) < 4.78 is 5.61. The molecule has 1 N–H and O–H groups in total. The number of rotatable bonds is 8. The van der Waals surface area contributed by atoms with Crippen LogP contribution in [0.4, 0.5) is 0 Å². The summed E-state index contributed by atoms with van der Waals surface area (Å²) in [7, 11) is 2.21. The summed E-state index contributed by atoms with van der Waals surface area (Å²) in [4.78, 5) is 2.41. The predicted octanol–water partition coefficient (Wildman–Crippen LogP) is 1.98. The van der Waals surface area contributed by atoms with Gasteiger partial charge in [-0.2, -0.15) is 0 Å². The third-order valence-electron chi connectivity index (χ3n) is 3.45. The molecule has 0 radical (unpaired) electrons. The molecule has 102 valence electrons. The maximum absolute atomic E-state index is 5.61. The van der Waals surface area contributed by atoms with Gasteiger partial charge in [-0.25, -0.2) is 0 Å². The molecule has 0 amide bonds. The van der Waals surface area contributed by atoms with Crippen LogP contribution < -0.4 is 5.32 Å². The largest absolute Gasteiger partial charge is 0.380 e. The van der Waals surface area contributed by atoms with Gasteiger partial charge in [0.15, 0.2) is 0 Å². The van der Waals surface area contributed by atoms with Gasteiger partial charge in [-0.05, 0) is 57.8 Å². The van der Waals surface area contributed by atoms with Gasteiger partial charge >= 0.3 is 0 Å². The lowest BCUT2D eigenvalue weighted by Crippen LogP contribution is -2.31. The average molecular weight is 242 g/mol. The third-order valence-corrected chi connectivity index (χ3v) is 3.45. The molecule has 0 aliphatic carbocycles. The van der Waals surface area contributed by atoms with Crippen molar-refractivity contribution in [2.45, 2.75) is 33.1 Å². The highest BCUT2D eigenvalue weighted by atomic mass is 16.5. The molecule has 0 unspecified atom stereocenters. The van der Waals surface area contributed by atoms with Crippen LogP contribution in [0.1, 0.15) is 33.1 Å². The maximum atomic E-state index is 5.61. The Labute approximate surface area is 107 Å². The zero-order valence-electron chi connectivity index (χ0n) is 11.9. The van der Waals surface area contributed by atoms with E-state index in [1.54, 1.807) is 0 Å². The number of hydrogen-bond acceptors (Lipinski definition) is 3. The van der Waals surface area contributed by atoms with Gasteiger partial charge in [-0.1, -0.05) is 13.8 Å².